The maximum atomic E-state index is 14.8. The molecule has 0 amide bonds. The maximum Gasteiger partial charge on any atom is 0.183 e. The van der Waals surface area contributed by atoms with Gasteiger partial charge in [0.25, 0.3) is 0 Å². The minimum Gasteiger partial charge on any atom is -0.311 e. The Morgan fingerprint density at radius 1 is 1.12 bits per heavy atom. The zero-order valence-electron chi connectivity index (χ0n) is 17.7. The van der Waals surface area contributed by atoms with E-state index in [1.165, 1.54) is 31.2 Å². The van der Waals surface area contributed by atoms with Crippen molar-refractivity contribution >= 4 is 21.0 Å². The van der Waals surface area contributed by atoms with Crippen LogP contribution in [0.3, 0.4) is 0 Å². The highest BCUT2D eigenvalue weighted by Gasteiger charge is 2.19. The van der Waals surface area contributed by atoms with Crippen molar-refractivity contribution in [2.24, 2.45) is 0 Å². The standard InChI is InChI=1S/C23H20FN5O2S/c1-4-32(30,31)17-6-7-18(16(9-17)11-25)19-10-15(5-8-21(19)24)20-12-27-28-23-22(20)26-13-29(23)14(2)3/h5-10,12-14H,4H2,1-3H3. The molecule has 0 N–H and O–H groups in total. The van der Waals surface area contributed by atoms with E-state index in [0.29, 0.717) is 27.9 Å². The zero-order valence-corrected chi connectivity index (χ0v) is 18.6. The van der Waals surface area contributed by atoms with Gasteiger partial charge in [-0.1, -0.05) is 19.1 Å². The summed E-state index contributed by atoms with van der Waals surface area (Å²) in [6.45, 7) is 5.55. The molecule has 7 nitrogen and oxygen atoms in total. The number of fused-ring (bicyclic) bond motifs is 1. The molecular weight excluding hydrogens is 429 g/mol. The fourth-order valence-electron chi connectivity index (χ4n) is 3.55. The summed E-state index contributed by atoms with van der Waals surface area (Å²) in [5.41, 5.74) is 3.17. The molecule has 0 fully saturated rings. The SMILES string of the molecule is CCS(=O)(=O)c1ccc(-c2cc(-c3cnnc4c3ncn4C(C)C)ccc2F)c(C#N)c1. The number of benzene rings is 2. The van der Waals surface area contributed by atoms with E-state index in [2.05, 4.69) is 15.2 Å². The van der Waals surface area contributed by atoms with E-state index in [-0.39, 0.29) is 27.8 Å². The first kappa shape index (κ1) is 21.6. The molecule has 0 bridgehead atoms. The Morgan fingerprint density at radius 3 is 2.59 bits per heavy atom. The topological polar surface area (TPSA) is 102 Å². The summed E-state index contributed by atoms with van der Waals surface area (Å²) < 4.78 is 41.1. The Labute approximate surface area is 185 Å². The fourth-order valence-corrected chi connectivity index (χ4v) is 4.45. The number of nitrogens with zero attached hydrogens (tertiary/aromatic N) is 5. The van der Waals surface area contributed by atoms with Gasteiger partial charge in [-0.25, -0.2) is 17.8 Å². The highest BCUT2D eigenvalue weighted by Crippen LogP contribution is 2.34. The fraction of sp³-hybridized carbons (Fsp3) is 0.217. The Balaban J connectivity index is 1.89. The first-order valence-corrected chi connectivity index (χ1v) is 11.7. The van der Waals surface area contributed by atoms with Crippen molar-refractivity contribution < 1.29 is 12.8 Å². The van der Waals surface area contributed by atoms with Gasteiger partial charge in [0.1, 0.15) is 11.3 Å². The number of halogens is 1. The molecule has 9 heteroatoms. The van der Waals surface area contributed by atoms with Gasteiger partial charge in [0.15, 0.2) is 15.5 Å². The average Bonchev–Trinajstić information content (AvgIpc) is 3.24. The molecule has 0 saturated carbocycles. The van der Waals surface area contributed by atoms with Crippen LogP contribution in [0.25, 0.3) is 33.4 Å². The van der Waals surface area contributed by atoms with Crippen molar-refractivity contribution in [1.29, 1.82) is 5.26 Å². The minimum absolute atomic E-state index is 0.0381. The first-order valence-electron chi connectivity index (χ1n) is 10.0. The quantitative estimate of drug-likeness (QED) is 0.443. The third kappa shape index (κ3) is 3.63. The molecule has 2 aromatic heterocycles. The van der Waals surface area contributed by atoms with Crippen molar-refractivity contribution in [3.63, 3.8) is 0 Å². The summed E-state index contributed by atoms with van der Waals surface area (Å²) in [5, 5.41) is 17.9. The normalized spacial score (nSPS) is 11.8. The summed E-state index contributed by atoms with van der Waals surface area (Å²) in [6.07, 6.45) is 3.26. The lowest BCUT2D eigenvalue weighted by atomic mass is 9.96. The van der Waals surface area contributed by atoms with Crippen LogP contribution in [0.15, 0.2) is 53.8 Å². The van der Waals surface area contributed by atoms with Crippen LogP contribution in [0.4, 0.5) is 4.39 Å². The molecule has 2 aromatic carbocycles. The monoisotopic (exact) mass is 449 g/mol. The molecular formula is C23H20FN5O2S. The second-order valence-electron chi connectivity index (χ2n) is 7.59. The van der Waals surface area contributed by atoms with Crippen LogP contribution < -0.4 is 0 Å². The molecule has 0 unspecified atom stereocenters. The zero-order chi connectivity index (χ0) is 23.0. The number of imidazole rings is 1. The van der Waals surface area contributed by atoms with Gasteiger partial charge in [-0.05, 0) is 43.7 Å². The van der Waals surface area contributed by atoms with Crippen LogP contribution in [0.1, 0.15) is 32.4 Å². The summed E-state index contributed by atoms with van der Waals surface area (Å²) in [7, 11) is -3.49. The molecule has 0 spiro atoms. The van der Waals surface area contributed by atoms with E-state index in [4.69, 9.17) is 0 Å². The molecule has 4 aromatic rings. The van der Waals surface area contributed by atoms with E-state index in [1.807, 2.05) is 24.5 Å². The molecule has 2 heterocycles. The molecule has 0 atom stereocenters. The van der Waals surface area contributed by atoms with E-state index in [1.54, 1.807) is 24.7 Å². The van der Waals surface area contributed by atoms with Crippen LogP contribution in [0.2, 0.25) is 0 Å². The highest BCUT2D eigenvalue weighted by molar-refractivity contribution is 7.91. The molecule has 4 rings (SSSR count). The molecule has 0 aliphatic rings. The Morgan fingerprint density at radius 2 is 1.91 bits per heavy atom. The number of rotatable bonds is 5. The Hall–Kier alpha value is -3.64. The van der Waals surface area contributed by atoms with Crippen molar-refractivity contribution in [2.45, 2.75) is 31.7 Å². The van der Waals surface area contributed by atoms with E-state index in [0.717, 1.165) is 0 Å². The largest absolute Gasteiger partial charge is 0.311 e. The number of sulfone groups is 1. The molecule has 0 aliphatic carbocycles. The summed E-state index contributed by atoms with van der Waals surface area (Å²) >= 11 is 0. The second-order valence-corrected chi connectivity index (χ2v) is 9.87. The molecule has 162 valence electrons. The molecule has 0 aliphatic heterocycles. The lowest BCUT2D eigenvalue weighted by molar-refractivity contribution is 0.597. The van der Waals surface area contributed by atoms with E-state index in [9.17, 15) is 18.1 Å². The smallest absolute Gasteiger partial charge is 0.183 e. The number of nitriles is 1. The predicted molar refractivity (Wildman–Crippen MR) is 119 cm³/mol. The van der Waals surface area contributed by atoms with Gasteiger partial charge in [0, 0.05) is 22.7 Å². The Bertz CT molecular complexity index is 1490. The molecule has 0 radical (unpaired) electrons. The van der Waals surface area contributed by atoms with Gasteiger partial charge in [0.05, 0.1) is 34.8 Å². The summed E-state index contributed by atoms with van der Waals surface area (Å²) in [5.74, 6) is -0.614. The van der Waals surface area contributed by atoms with Crippen LogP contribution in [0.5, 0.6) is 0 Å². The highest BCUT2D eigenvalue weighted by atomic mass is 32.2. The predicted octanol–water partition coefficient (Wildman–Crippen LogP) is 4.55. The van der Waals surface area contributed by atoms with Gasteiger partial charge in [-0.3, -0.25) is 0 Å². The van der Waals surface area contributed by atoms with Crippen molar-refractivity contribution in [2.75, 3.05) is 5.75 Å². The van der Waals surface area contributed by atoms with E-state index < -0.39 is 15.7 Å². The maximum absolute atomic E-state index is 14.8. The van der Waals surface area contributed by atoms with Crippen LogP contribution in [0, 0.1) is 17.1 Å². The number of hydrogen-bond donors (Lipinski definition) is 0. The molecule has 32 heavy (non-hydrogen) atoms. The third-order valence-electron chi connectivity index (χ3n) is 5.34. The van der Waals surface area contributed by atoms with Crippen LogP contribution >= 0.6 is 0 Å². The van der Waals surface area contributed by atoms with Crippen LogP contribution in [-0.2, 0) is 9.84 Å². The minimum atomic E-state index is -3.49. The van der Waals surface area contributed by atoms with E-state index >= 15 is 0 Å². The summed E-state index contributed by atoms with van der Waals surface area (Å²) in [6, 6.07) is 10.8. The summed E-state index contributed by atoms with van der Waals surface area (Å²) in [4.78, 5) is 4.51. The van der Waals surface area contributed by atoms with Gasteiger partial charge in [0.2, 0.25) is 0 Å². The van der Waals surface area contributed by atoms with Gasteiger partial charge in [-0.15, -0.1) is 5.10 Å². The number of aromatic nitrogens is 4. The van der Waals surface area contributed by atoms with Gasteiger partial charge < -0.3 is 4.57 Å². The van der Waals surface area contributed by atoms with Crippen molar-refractivity contribution in [3.05, 3.63) is 60.3 Å². The average molecular weight is 450 g/mol. The third-order valence-corrected chi connectivity index (χ3v) is 7.07. The Kier molecular flexibility index (Phi) is 5.48. The lowest BCUT2D eigenvalue weighted by Crippen LogP contribution is -2.04. The van der Waals surface area contributed by atoms with Gasteiger partial charge in [-0.2, -0.15) is 10.4 Å². The lowest BCUT2D eigenvalue weighted by Gasteiger charge is -2.11. The molecule has 0 saturated heterocycles. The first-order chi connectivity index (χ1) is 15.3. The van der Waals surface area contributed by atoms with Crippen molar-refractivity contribution in [3.8, 4) is 28.3 Å². The van der Waals surface area contributed by atoms with Crippen molar-refractivity contribution in [1.82, 2.24) is 19.7 Å². The van der Waals surface area contributed by atoms with Crippen LogP contribution in [-0.4, -0.2) is 33.9 Å². The van der Waals surface area contributed by atoms with Gasteiger partial charge >= 0.3 is 0 Å². The second kappa shape index (κ2) is 8.13. The number of hydrogen-bond acceptors (Lipinski definition) is 6.